The number of urea groups is 1. The molecular weight excluding hydrogens is 1280 g/mol. The standard InChI is InChI=1S/C59H84N18O14.H3O4P/c1-31(2)22-40(49(82)68-39(12-8-20-64-57(60)61)56(89)77-21-9-13-46(77)55(88)75-76-58(62)90)69-54(87)45(29-91-59(3,4)5)74-50(83)41(23-32-14-16-35(79)17-15-32)70-53(86)44(28-78)73-51(84)42(24-33-26-65-37-11-7-6-10-36(33)37)71-52(85)43(25-34-27-63-30-66-34)72-48(81)38-18-19-47(80)67-38;1-5(2,3)4/h6-7,10-11,14-17,26-27,30-31,34,38-46,65,78-79H,8-9,12-13,18-25,28-29H2,1-5H3,(H,67,80)(H,68,82)(H,69,87)(H,70,86)(H,71,85)(H,72,81)(H,73,84)(H,74,83)(H,75,88)(H4,60,61,64)(H3,62,76,90);(H3,1,2,3,4). The third-order valence-electron chi connectivity index (χ3n) is 14.9. The number of phenolic OH excluding ortho intramolecular Hbond substituents is 1. The maximum Gasteiger partial charge on any atom is 0.466 e. The largest absolute Gasteiger partial charge is 0.508 e. The lowest BCUT2D eigenvalue weighted by molar-refractivity contribution is -0.142. The molecule has 22 N–H and O–H groups in total. The number of aliphatic hydroxyl groups is 1. The van der Waals surface area contributed by atoms with Crippen LogP contribution in [0.2, 0.25) is 0 Å². The number of ether oxygens (including phenoxy) is 1. The molecule has 3 aliphatic rings. The van der Waals surface area contributed by atoms with Crippen LogP contribution in [0.5, 0.6) is 5.75 Å². The Morgan fingerprint density at radius 1 is 0.750 bits per heavy atom. The topological polar surface area (TPSA) is 570 Å². The first-order chi connectivity index (χ1) is 45.2. The summed E-state index contributed by atoms with van der Waals surface area (Å²) in [4.78, 5) is 190. The minimum atomic E-state index is -4.64. The van der Waals surface area contributed by atoms with Crippen molar-refractivity contribution < 1.29 is 86.9 Å². The minimum Gasteiger partial charge on any atom is -0.508 e. The van der Waals surface area contributed by atoms with Crippen molar-refractivity contribution in [3.05, 3.63) is 65.9 Å². The number of hydrogen-bond acceptors (Lipinski definition) is 18. The lowest BCUT2D eigenvalue weighted by Gasteiger charge is -2.31. The molecule has 1 aromatic heterocycles. The third kappa shape index (κ3) is 25.9. The summed E-state index contributed by atoms with van der Waals surface area (Å²) in [6.07, 6.45) is 4.87. The van der Waals surface area contributed by atoms with Crippen molar-refractivity contribution in [1.82, 2.24) is 63.3 Å². The van der Waals surface area contributed by atoms with Crippen LogP contribution in [-0.4, -0.2) is 211 Å². The maximum atomic E-state index is 14.8. The summed E-state index contributed by atoms with van der Waals surface area (Å²) >= 11 is 0. The van der Waals surface area contributed by atoms with Gasteiger partial charge < -0.3 is 99.2 Å². The lowest BCUT2D eigenvalue weighted by atomic mass is 10.0. The van der Waals surface area contributed by atoms with Crippen LogP contribution in [-0.2, 0) is 70.1 Å². The van der Waals surface area contributed by atoms with Crippen molar-refractivity contribution >= 4 is 102 Å². The second-order valence-corrected chi connectivity index (χ2v) is 25.3. The van der Waals surface area contributed by atoms with Crippen molar-refractivity contribution in [3.63, 3.8) is 0 Å². The summed E-state index contributed by atoms with van der Waals surface area (Å²) in [5.74, 6) is -8.59. The number of primary amides is 1. The Labute approximate surface area is 551 Å². The number of aromatic hydroxyl groups is 1. The molecule has 4 heterocycles. The van der Waals surface area contributed by atoms with Gasteiger partial charge in [0.05, 0.1) is 24.9 Å². The second kappa shape index (κ2) is 36.3. The maximum absolute atomic E-state index is 14.8. The van der Waals surface area contributed by atoms with Gasteiger partial charge in [0.15, 0.2) is 5.96 Å². The fraction of sp³-hybridized carbons (Fsp3) is 0.525. The summed E-state index contributed by atoms with van der Waals surface area (Å²) in [7, 11) is -4.64. The van der Waals surface area contributed by atoms with Crippen molar-refractivity contribution in [2.75, 3.05) is 26.3 Å². The number of rotatable bonds is 31. The lowest BCUT2D eigenvalue weighted by Crippen LogP contribution is -2.62. The first kappa shape index (κ1) is 77.1. The van der Waals surface area contributed by atoms with E-state index in [1.165, 1.54) is 41.7 Å². The van der Waals surface area contributed by atoms with E-state index in [0.29, 0.717) is 28.5 Å². The van der Waals surface area contributed by atoms with Crippen LogP contribution in [0.15, 0.2) is 69.7 Å². The molecule has 96 heavy (non-hydrogen) atoms. The zero-order valence-corrected chi connectivity index (χ0v) is 54.5. The number of carbonyl (C=O) groups excluding carboxylic acids is 11. The second-order valence-electron chi connectivity index (χ2n) is 24.3. The monoisotopic (exact) mass is 1370 g/mol. The highest BCUT2D eigenvalue weighted by atomic mass is 31.2. The molecule has 526 valence electrons. The zero-order valence-electron chi connectivity index (χ0n) is 53.6. The van der Waals surface area contributed by atoms with E-state index in [-0.39, 0.29) is 94.4 Å². The number of phenols is 1. The van der Waals surface area contributed by atoms with Gasteiger partial charge in [0, 0.05) is 62.1 Å². The number of aromatic nitrogens is 1. The van der Waals surface area contributed by atoms with Gasteiger partial charge in [0.2, 0.25) is 53.2 Å². The fourth-order valence-corrected chi connectivity index (χ4v) is 10.3. The molecule has 0 aliphatic carbocycles. The Kier molecular flexibility index (Phi) is 29.2. The van der Waals surface area contributed by atoms with Gasteiger partial charge in [-0.05, 0) is 94.5 Å². The zero-order chi connectivity index (χ0) is 71.0. The molecule has 10 unspecified atom stereocenters. The number of aromatic amines is 1. The van der Waals surface area contributed by atoms with Gasteiger partial charge >= 0.3 is 13.9 Å². The SMILES string of the molecule is CC(C)CC(NC(=O)C(COC(C)(C)C)NC(=O)C(Cc1ccc(O)cc1)NC(=O)C(CO)NC(=O)C(Cc1c[nH]c2ccccc12)NC(=O)C(CC1C=NC=N1)NC(=O)C1CCC(=O)N1)C(=O)NC(CCCN=C(N)N)C(=O)N1CCCC1C(=O)NNC(N)=O.O=P(O)(O)O. The molecule has 0 saturated carbocycles. The number of benzene rings is 2. The minimum absolute atomic E-state index is 0.00420. The number of phosphoric acid groups is 1. The van der Waals surface area contributed by atoms with Crippen LogP contribution in [0.3, 0.4) is 0 Å². The highest BCUT2D eigenvalue weighted by molar-refractivity contribution is 7.45. The van der Waals surface area contributed by atoms with Gasteiger partial charge in [-0.25, -0.2) is 19.8 Å². The van der Waals surface area contributed by atoms with Gasteiger partial charge in [-0.2, -0.15) is 0 Å². The van der Waals surface area contributed by atoms with E-state index in [2.05, 4.69) is 67.9 Å². The molecule has 3 aliphatic heterocycles. The van der Waals surface area contributed by atoms with Gasteiger partial charge in [0.1, 0.15) is 66.5 Å². The van der Waals surface area contributed by atoms with E-state index >= 15 is 0 Å². The summed E-state index contributed by atoms with van der Waals surface area (Å²) < 4.78 is 14.9. The highest BCUT2D eigenvalue weighted by Gasteiger charge is 2.40. The van der Waals surface area contributed by atoms with E-state index in [1.807, 2.05) is 5.43 Å². The first-order valence-corrected chi connectivity index (χ1v) is 32.3. The normalized spacial score (nSPS) is 18.0. The molecule has 3 aromatic rings. The number of guanidine groups is 1. The van der Waals surface area contributed by atoms with Gasteiger partial charge in [-0.1, -0.05) is 44.2 Å². The molecule has 36 nitrogen and oxygen atoms in total. The Hall–Kier alpha value is -9.61. The van der Waals surface area contributed by atoms with E-state index in [1.54, 1.807) is 65.1 Å². The number of nitrogens with one attached hydrogen (secondary N) is 11. The first-order valence-electron chi connectivity index (χ1n) is 30.7. The number of carbonyl (C=O) groups is 11. The average Bonchev–Trinajstić information content (AvgIpc) is 1.28. The molecule has 2 fully saturated rings. The molecule has 6 rings (SSSR count). The Balaban J connectivity index is 0.00000321. The van der Waals surface area contributed by atoms with Gasteiger partial charge in [-0.15, -0.1) is 0 Å². The van der Waals surface area contributed by atoms with Crippen molar-refractivity contribution in [1.29, 1.82) is 0 Å². The van der Waals surface area contributed by atoms with Gasteiger partial charge in [-0.3, -0.25) is 63.4 Å². The number of H-pyrrole nitrogens is 1. The fourth-order valence-electron chi connectivity index (χ4n) is 10.3. The number of para-hydroxylation sites is 1. The predicted molar refractivity (Wildman–Crippen MR) is 346 cm³/mol. The number of nitrogens with two attached hydrogens (primary N) is 3. The molecule has 37 heteroatoms. The van der Waals surface area contributed by atoms with E-state index < -0.39 is 146 Å². The number of hydrogen-bond donors (Lipinski definition) is 19. The summed E-state index contributed by atoms with van der Waals surface area (Å²) in [6.45, 7) is 7.28. The number of hydrazine groups is 1. The molecule has 0 spiro atoms. The summed E-state index contributed by atoms with van der Waals surface area (Å²) in [6, 6.07) is -1.36. The number of amides is 12. The molecule has 0 bridgehead atoms. The van der Waals surface area contributed by atoms with Crippen LogP contribution in [0.1, 0.15) is 97.1 Å². The molecule has 2 aromatic carbocycles. The Bertz CT molecular complexity index is 3370. The Morgan fingerprint density at radius 3 is 1.93 bits per heavy atom. The number of likely N-dealkylation sites (tertiary alicyclic amines) is 1. The molecule has 2 saturated heterocycles. The van der Waals surface area contributed by atoms with Crippen LogP contribution in [0.25, 0.3) is 10.9 Å². The summed E-state index contributed by atoms with van der Waals surface area (Å²) in [5.41, 5.74) is 21.1. The van der Waals surface area contributed by atoms with Crippen LogP contribution < -0.4 is 70.6 Å². The van der Waals surface area contributed by atoms with E-state index in [9.17, 15) is 63.0 Å². The van der Waals surface area contributed by atoms with Crippen LogP contribution in [0.4, 0.5) is 4.79 Å². The number of nitrogens with zero attached hydrogens (tertiary/aromatic N) is 4. The smallest absolute Gasteiger partial charge is 0.466 e. The number of aliphatic imine (C=N–C) groups is 3. The number of aliphatic hydroxyl groups excluding tert-OH is 1. The average molecular weight is 1370 g/mol. The highest BCUT2D eigenvalue weighted by Crippen LogP contribution is 2.26. The molecule has 0 radical (unpaired) electrons. The molecule has 10 atom stereocenters. The van der Waals surface area contributed by atoms with E-state index in [4.69, 9.17) is 41.2 Å². The van der Waals surface area contributed by atoms with Crippen LogP contribution in [0, 0.1) is 5.92 Å². The molecular formula is C59H87N18O18P. The van der Waals surface area contributed by atoms with E-state index in [0.717, 1.165) is 0 Å². The predicted octanol–water partition coefficient (Wildman–Crippen LogP) is -4.13. The quantitative estimate of drug-likeness (QED) is 0.00956. The molecule has 12 amide bonds. The van der Waals surface area contributed by atoms with Crippen molar-refractivity contribution in [3.8, 4) is 5.75 Å². The van der Waals surface area contributed by atoms with Crippen molar-refractivity contribution in [2.24, 2.45) is 38.1 Å². The third-order valence-corrected chi connectivity index (χ3v) is 14.9. The van der Waals surface area contributed by atoms with Crippen LogP contribution >= 0.6 is 7.82 Å². The summed E-state index contributed by atoms with van der Waals surface area (Å²) in [5, 5.41) is 42.8. The van der Waals surface area contributed by atoms with Gasteiger partial charge in [0.25, 0.3) is 5.91 Å². The number of fused-ring (bicyclic) bond motifs is 1. The Morgan fingerprint density at radius 2 is 1.33 bits per heavy atom. The van der Waals surface area contributed by atoms with Crippen molar-refractivity contribution in [2.45, 2.75) is 165 Å².